The van der Waals surface area contributed by atoms with E-state index in [1.165, 1.54) is 5.56 Å². The molecule has 0 radical (unpaired) electrons. The summed E-state index contributed by atoms with van der Waals surface area (Å²) in [6.07, 6.45) is 2.07. The summed E-state index contributed by atoms with van der Waals surface area (Å²) in [7, 11) is 0. The molecule has 3 heteroatoms. The van der Waals surface area contributed by atoms with Crippen LogP contribution in [0.4, 0.5) is 0 Å². The number of hydrogen-bond donors (Lipinski definition) is 1. The average Bonchev–Trinajstić information content (AvgIpc) is 2.90. The highest BCUT2D eigenvalue weighted by molar-refractivity contribution is 5.82. The fraction of sp³-hybridized carbons (Fsp3) is 0.533. The lowest BCUT2D eigenvalue weighted by Crippen LogP contribution is -2.46. The van der Waals surface area contributed by atoms with Crippen LogP contribution < -0.4 is 5.32 Å². The predicted octanol–water partition coefficient (Wildman–Crippen LogP) is 2.18. The van der Waals surface area contributed by atoms with Crippen molar-refractivity contribution in [2.45, 2.75) is 45.3 Å². The Balaban J connectivity index is 2.06. The van der Waals surface area contributed by atoms with E-state index in [0.29, 0.717) is 6.54 Å². The van der Waals surface area contributed by atoms with E-state index in [2.05, 4.69) is 31.3 Å². The van der Waals surface area contributed by atoms with Crippen molar-refractivity contribution in [3.05, 3.63) is 35.9 Å². The number of carbonyl (C=O) groups is 1. The minimum Gasteiger partial charge on any atom is -0.335 e. The smallest absolute Gasteiger partial charge is 0.240 e. The fourth-order valence-electron chi connectivity index (χ4n) is 2.39. The second kappa shape index (κ2) is 6.01. The number of rotatable bonds is 4. The van der Waals surface area contributed by atoms with E-state index >= 15 is 0 Å². The SMILES string of the molecule is CC(C)N(Cc1ccccc1)C(=O)[C@@H]1CCCN1. The van der Waals surface area contributed by atoms with Gasteiger partial charge in [-0.2, -0.15) is 0 Å². The Labute approximate surface area is 109 Å². The normalized spacial score (nSPS) is 19.2. The molecule has 1 N–H and O–H groups in total. The third kappa shape index (κ3) is 3.10. The number of hydrogen-bond acceptors (Lipinski definition) is 2. The summed E-state index contributed by atoms with van der Waals surface area (Å²) in [5.74, 6) is 0.242. The van der Waals surface area contributed by atoms with Crippen molar-refractivity contribution in [3.63, 3.8) is 0 Å². The van der Waals surface area contributed by atoms with Gasteiger partial charge in [-0.15, -0.1) is 0 Å². The minimum absolute atomic E-state index is 0.0242. The van der Waals surface area contributed by atoms with Gasteiger partial charge in [-0.05, 0) is 38.8 Å². The quantitative estimate of drug-likeness (QED) is 0.883. The van der Waals surface area contributed by atoms with Crippen LogP contribution in [0.25, 0.3) is 0 Å². The molecule has 1 fully saturated rings. The second-order valence-electron chi connectivity index (χ2n) is 5.19. The molecular weight excluding hydrogens is 224 g/mol. The van der Waals surface area contributed by atoms with E-state index in [-0.39, 0.29) is 18.0 Å². The topological polar surface area (TPSA) is 32.3 Å². The summed E-state index contributed by atoms with van der Waals surface area (Å²) in [4.78, 5) is 14.4. The summed E-state index contributed by atoms with van der Waals surface area (Å²) in [6.45, 7) is 5.83. The van der Waals surface area contributed by atoms with Crippen molar-refractivity contribution in [1.29, 1.82) is 0 Å². The second-order valence-corrected chi connectivity index (χ2v) is 5.19. The van der Waals surface area contributed by atoms with Gasteiger partial charge in [-0.1, -0.05) is 30.3 Å². The molecule has 0 aliphatic carbocycles. The molecule has 1 aromatic carbocycles. The lowest BCUT2D eigenvalue weighted by molar-refractivity contribution is -0.135. The molecule has 98 valence electrons. The summed E-state index contributed by atoms with van der Waals surface area (Å²) in [5.41, 5.74) is 1.19. The molecule has 0 saturated carbocycles. The Morgan fingerprint density at radius 3 is 2.67 bits per heavy atom. The first-order chi connectivity index (χ1) is 8.68. The maximum atomic E-state index is 12.5. The Bertz CT molecular complexity index is 383. The van der Waals surface area contributed by atoms with Crippen LogP contribution >= 0.6 is 0 Å². The molecule has 1 heterocycles. The van der Waals surface area contributed by atoms with E-state index < -0.39 is 0 Å². The lowest BCUT2D eigenvalue weighted by atomic mass is 10.1. The van der Waals surface area contributed by atoms with E-state index in [4.69, 9.17) is 0 Å². The van der Waals surface area contributed by atoms with Crippen molar-refractivity contribution >= 4 is 5.91 Å². The highest BCUT2D eigenvalue weighted by Crippen LogP contribution is 2.14. The maximum Gasteiger partial charge on any atom is 0.240 e. The molecule has 0 unspecified atom stereocenters. The van der Waals surface area contributed by atoms with Crippen LogP contribution in [-0.2, 0) is 11.3 Å². The van der Waals surface area contributed by atoms with Crippen molar-refractivity contribution in [3.8, 4) is 0 Å². The standard InChI is InChI=1S/C15H22N2O/c1-12(2)17(11-13-7-4-3-5-8-13)15(18)14-9-6-10-16-14/h3-5,7-8,12,14,16H,6,9-11H2,1-2H3/t14-/m0/s1. The fourth-order valence-corrected chi connectivity index (χ4v) is 2.39. The Kier molecular flexibility index (Phi) is 4.37. The maximum absolute atomic E-state index is 12.5. The van der Waals surface area contributed by atoms with Crippen LogP contribution in [0.5, 0.6) is 0 Å². The summed E-state index contributed by atoms with van der Waals surface area (Å²) >= 11 is 0. The van der Waals surface area contributed by atoms with E-state index in [1.807, 2.05) is 23.1 Å². The highest BCUT2D eigenvalue weighted by atomic mass is 16.2. The first-order valence-electron chi connectivity index (χ1n) is 6.76. The van der Waals surface area contributed by atoms with Crippen LogP contribution in [0.15, 0.2) is 30.3 Å². The molecule has 1 aliphatic heterocycles. The van der Waals surface area contributed by atoms with Crippen molar-refractivity contribution in [1.82, 2.24) is 10.2 Å². The first-order valence-corrected chi connectivity index (χ1v) is 6.76. The van der Waals surface area contributed by atoms with Crippen molar-refractivity contribution < 1.29 is 4.79 Å². The molecule has 0 spiro atoms. The van der Waals surface area contributed by atoms with Crippen molar-refractivity contribution in [2.24, 2.45) is 0 Å². The Morgan fingerprint density at radius 2 is 2.11 bits per heavy atom. The van der Waals surface area contributed by atoms with Crippen LogP contribution in [0.2, 0.25) is 0 Å². The molecule has 0 aromatic heterocycles. The molecule has 1 aromatic rings. The predicted molar refractivity (Wildman–Crippen MR) is 73.2 cm³/mol. The first kappa shape index (κ1) is 13.1. The average molecular weight is 246 g/mol. The van der Waals surface area contributed by atoms with Gasteiger partial charge in [0.15, 0.2) is 0 Å². The molecule has 1 amide bonds. The molecule has 1 atom stereocenters. The zero-order valence-electron chi connectivity index (χ0n) is 11.2. The van der Waals surface area contributed by atoms with Crippen LogP contribution in [0, 0.1) is 0 Å². The van der Waals surface area contributed by atoms with Crippen LogP contribution in [0.3, 0.4) is 0 Å². The molecule has 18 heavy (non-hydrogen) atoms. The van der Waals surface area contributed by atoms with Gasteiger partial charge < -0.3 is 10.2 Å². The van der Waals surface area contributed by atoms with Gasteiger partial charge in [0.1, 0.15) is 0 Å². The number of nitrogens with zero attached hydrogens (tertiary/aromatic N) is 1. The highest BCUT2D eigenvalue weighted by Gasteiger charge is 2.28. The zero-order valence-corrected chi connectivity index (χ0v) is 11.2. The molecule has 2 rings (SSSR count). The van der Waals surface area contributed by atoms with Crippen molar-refractivity contribution in [2.75, 3.05) is 6.54 Å². The minimum atomic E-state index is 0.0242. The van der Waals surface area contributed by atoms with Crippen LogP contribution in [-0.4, -0.2) is 29.4 Å². The molecule has 0 bridgehead atoms. The monoisotopic (exact) mass is 246 g/mol. The van der Waals surface area contributed by atoms with Gasteiger partial charge in [0.05, 0.1) is 6.04 Å². The van der Waals surface area contributed by atoms with Gasteiger partial charge in [0, 0.05) is 12.6 Å². The van der Waals surface area contributed by atoms with Gasteiger partial charge in [-0.3, -0.25) is 4.79 Å². The summed E-state index contributed by atoms with van der Waals surface area (Å²) in [5, 5.41) is 3.29. The van der Waals surface area contributed by atoms with Gasteiger partial charge in [0.25, 0.3) is 0 Å². The summed E-state index contributed by atoms with van der Waals surface area (Å²) < 4.78 is 0. The number of amides is 1. The number of benzene rings is 1. The van der Waals surface area contributed by atoms with E-state index in [9.17, 15) is 4.79 Å². The Morgan fingerprint density at radius 1 is 1.39 bits per heavy atom. The molecule has 1 aliphatic rings. The lowest BCUT2D eigenvalue weighted by Gasteiger charge is -2.29. The number of nitrogens with one attached hydrogen (secondary N) is 1. The van der Waals surface area contributed by atoms with Gasteiger partial charge in [0.2, 0.25) is 5.91 Å². The zero-order chi connectivity index (χ0) is 13.0. The summed E-state index contributed by atoms with van der Waals surface area (Å²) in [6, 6.07) is 10.5. The third-order valence-corrected chi connectivity index (χ3v) is 3.46. The van der Waals surface area contributed by atoms with E-state index in [1.54, 1.807) is 0 Å². The van der Waals surface area contributed by atoms with E-state index in [0.717, 1.165) is 19.4 Å². The molecule has 3 nitrogen and oxygen atoms in total. The van der Waals surface area contributed by atoms with Crippen LogP contribution in [0.1, 0.15) is 32.3 Å². The Hall–Kier alpha value is -1.35. The number of carbonyl (C=O) groups excluding carboxylic acids is 1. The third-order valence-electron chi connectivity index (χ3n) is 3.46. The van der Waals surface area contributed by atoms with Gasteiger partial charge >= 0.3 is 0 Å². The molecule has 1 saturated heterocycles. The molecular formula is C15H22N2O. The van der Waals surface area contributed by atoms with Gasteiger partial charge in [-0.25, -0.2) is 0 Å². The largest absolute Gasteiger partial charge is 0.335 e.